The van der Waals surface area contributed by atoms with Crippen LogP contribution in [0, 0.1) is 11.8 Å². The smallest absolute Gasteiger partial charge is 0.0941 e. The van der Waals surface area contributed by atoms with Gasteiger partial charge in [0, 0.05) is 0 Å². The second-order valence-electron chi connectivity index (χ2n) is 1.48. The first-order chi connectivity index (χ1) is 4.33. The maximum absolute atomic E-state index is 5.65. The molecule has 0 aromatic carbocycles. The number of halogens is 1. The van der Waals surface area contributed by atoms with Crippen molar-refractivity contribution in [3.05, 3.63) is 21.3 Å². The van der Waals surface area contributed by atoms with E-state index in [1.165, 1.54) is 11.3 Å². The zero-order valence-corrected chi connectivity index (χ0v) is 6.51. The van der Waals surface area contributed by atoms with Crippen molar-refractivity contribution in [1.82, 2.24) is 0 Å². The Bertz CT molecular complexity index is 251. The van der Waals surface area contributed by atoms with Crippen LogP contribution >= 0.6 is 22.9 Å². The number of hydrogen-bond acceptors (Lipinski definition) is 1. The molecule has 0 saturated heterocycles. The van der Waals surface area contributed by atoms with Crippen molar-refractivity contribution in [1.29, 1.82) is 0 Å². The third kappa shape index (κ3) is 1.74. The minimum Gasteiger partial charge on any atom is -0.115 e. The first kappa shape index (κ1) is 6.67. The van der Waals surface area contributed by atoms with Crippen molar-refractivity contribution in [3.63, 3.8) is 0 Å². The lowest BCUT2D eigenvalue weighted by molar-refractivity contribution is 1.87. The normalized spacial score (nSPS) is 8.22. The van der Waals surface area contributed by atoms with E-state index in [2.05, 4.69) is 11.8 Å². The summed E-state index contributed by atoms with van der Waals surface area (Å²) >= 11 is 7.15. The van der Waals surface area contributed by atoms with Gasteiger partial charge in [0.25, 0.3) is 0 Å². The molecule has 0 aliphatic carbocycles. The summed E-state index contributed by atoms with van der Waals surface area (Å²) in [6.45, 7) is 1.81. The van der Waals surface area contributed by atoms with Gasteiger partial charge < -0.3 is 0 Å². The summed E-state index contributed by atoms with van der Waals surface area (Å²) in [5, 5.41) is 0. The van der Waals surface area contributed by atoms with Crippen molar-refractivity contribution in [3.8, 4) is 11.8 Å². The van der Waals surface area contributed by atoms with Gasteiger partial charge in [-0.25, -0.2) is 0 Å². The minimum absolute atomic E-state index is 0.799. The topological polar surface area (TPSA) is 0 Å². The second-order valence-corrected chi connectivity index (χ2v) is 3.19. The summed E-state index contributed by atoms with van der Waals surface area (Å²) in [6.07, 6.45) is 0. The summed E-state index contributed by atoms with van der Waals surface area (Å²) in [7, 11) is 0. The van der Waals surface area contributed by atoms with E-state index in [4.69, 9.17) is 11.6 Å². The van der Waals surface area contributed by atoms with Gasteiger partial charge in [-0.3, -0.25) is 0 Å². The van der Waals surface area contributed by atoms with Gasteiger partial charge in [-0.1, -0.05) is 17.5 Å². The first-order valence-corrected chi connectivity index (χ1v) is 3.70. The van der Waals surface area contributed by atoms with Gasteiger partial charge in [0.2, 0.25) is 0 Å². The van der Waals surface area contributed by atoms with Gasteiger partial charge in [0.05, 0.1) is 9.21 Å². The van der Waals surface area contributed by atoms with E-state index >= 15 is 0 Å². The molecule has 1 rings (SSSR count). The Hall–Kier alpha value is -0.450. The number of thiophene rings is 1. The van der Waals surface area contributed by atoms with Crippen LogP contribution < -0.4 is 0 Å². The van der Waals surface area contributed by atoms with Gasteiger partial charge >= 0.3 is 0 Å². The highest BCUT2D eigenvalue weighted by Gasteiger charge is 1.90. The molecular weight excluding hydrogens is 152 g/mol. The molecule has 1 heterocycles. The van der Waals surface area contributed by atoms with Gasteiger partial charge in [-0.05, 0) is 19.1 Å². The van der Waals surface area contributed by atoms with Gasteiger partial charge in [0.15, 0.2) is 0 Å². The van der Waals surface area contributed by atoms with Crippen LogP contribution in [0.3, 0.4) is 0 Å². The Kier molecular flexibility index (Phi) is 2.16. The molecule has 0 N–H and O–H groups in total. The highest BCUT2D eigenvalue weighted by atomic mass is 35.5. The molecule has 9 heavy (non-hydrogen) atoms. The molecule has 0 spiro atoms. The molecule has 0 atom stereocenters. The van der Waals surface area contributed by atoms with E-state index in [9.17, 15) is 0 Å². The zero-order chi connectivity index (χ0) is 6.69. The molecule has 0 saturated carbocycles. The van der Waals surface area contributed by atoms with Crippen LogP contribution in [0.4, 0.5) is 0 Å². The van der Waals surface area contributed by atoms with Gasteiger partial charge in [-0.2, -0.15) is 0 Å². The SMILES string of the molecule is CC#Cc1ccc(Cl)s1. The second kappa shape index (κ2) is 2.91. The lowest BCUT2D eigenvalue weighted by atomic mass is 10.5. The molecule has 0 unspecified atom stereocenters. The summed E-state index contributed by atoms with van der Waals surface area (Å²) in [5.74, 6) is 5.71. The van der Waals surface area contributed by atoms with Crippen LogP contribution in [0.5, 0.6) is 0 Å². The van der Waals surface area contributed by atoms with Crippen molar-refractivity contribution in [2.75, 3.05) is 0 Å². The quantitative estimate of drug-likeness (QED) is 0.507. The average molecular weight is 157 g/mol. The molecule has 1 aromatic rings. The molecule has 2 heteroatoms. The fourth-order valence-corrected chi connectivity index (χ4v) is 1.45. The lowest BCUT2D eigenvalue weighted by Crippen LogP contribution is -1.54. The first-order valence-electron chi connectivity index (χ1n) is 2.51. The predicted octanol–water partition coefficient (Wildman–Crippen LogP) is 2.77. The Morgan fingerprint density at radius 3 is 2.78 bits per heavy atom. The molecule has 0 radical (unpaired) electrons. The van der Waals surface area contributed by atoms with Crippen LogP contribution in [0.1, 0.15) is 11.8 Å². The zero-order valence-electron chi connectivity index (χ0n) is 4.94. The van der Waals surface area contributed by atoms with Gasteiger partial charge in [-0.15, -0.1) is 17.3 Å². The maximum Gasteiger partial charge on any atom is 0.0941 e. The molecule has 0 nitrogen and oxygen atoms in total. The van der Waals surface area contributed by atoms with Crippen LogP contribution in [0.15, 0.2) is 12.1 Å². The predicted molar refractivity (Wildman–Crippen MR) is 41.9 cm³/mol. The third-order valence-electron chi connectivity index (χ3n) is 0.821. The monoisotopic (exact) mass is 156 g/mol. The summed E-state index contributed by atoms with van der Waals surface area (Å²) in [4.78, 5) is 1.03. The Morgan fingerprint density at radius 2 is 2.33 bits per heavy atom. The summed E-state index contributed by atoms with van der Waals surface area (Å²) in [6, 6.07) is 3.77. The van der Waals surface area contributed by atoms with E-state index in [0.717, 1.165) is 9.21 Å². The highest BCUT2D eigenvalue weighted by Crippen LogP contribution is 2.19. The third-order valence-corrected chi connectivity index (χ3v) is 1.97. The van der Waals surface area contributed by atoms with Crippen LogP contribution in [0.2, 0.25) is 4.34 Å². The Balaban J connectivity index is 2.93. The standard InChI is InChI=1S/C7H5ClS/c1-2-3-6-4-5-7(8)9-6/h4-5H,1H3. The molecule has 0 aliphatic rings. The van der Waals surface area contributed by atoms with E-state index in [1.54, 1.807) is 0 Å². The van der Waals surface area contributed by atoms with Crippen molar-refractivity contribution in [2.45, 2.75) is 6.92 Å². The van der Waals surface area contributed by atoms with E-state index in [0.29, 0.717) is 0 Å². The molecule has 0 amide bonds. The van der Waals surface area contributed by atoms with Crippen LogP contribution in [-0.2, 0) is 0 Å². The van der Waals surface area contributed by atoms with E-state index < -0.39 is 0 Å². The summed E-state index contributed by atoms with van der Waals surface area (Å²) in [5.41, 5.74) is 0. The minimum atomic E-state index is 0.799. The number of rotatable bonds is 0. The maximum atomic E-state index is 5.65. The van der Waals surface area contributed by atoms with Gasteiger partial charge in [0.1, 0.15) is 0 Å². The fourth-order valence-electron chi connectivity index (χ4n) is 0.505. The number of hydrogen-bond donors (Lipinski definition) is 0. The molecule has 0 bridgehead atoms. The molecular formula is C7H5ClS. The van der Waals surface area contributed by atoms with E-state index in [-0.39, 0.29) is 0 Å². The Labute approximate surface area is 63.5 Å². The lowest BCUT2D eigenvalue weighted by Gasteiger charge is -1.71. The Morgan fingerprint density at radius 1 is 1.56 bits per heavy atom. The fraction of sp³-hybridized carbons (Fsp3) is 0.143. The highest BCUT2D eigenvalue weighted by molar-refractivity contribution is 7.16. The largest absolute Gasteiger partial charge is 0.115 e. The molecule has 1 aromatic heterocycles. The van der Waals surface area contributed by atoms with Crippen LogP contribution in [0.25, 0.3) is 0 Å². The molecule has 46 valence electrons. The van der Waals surface area contributed by atoms with E-state index in [1.807, 2.05) is 19.1 Å². The van der Waals surface area contributed by atoms with Crippen molar-refractivity contribution in [2.24, 2.45) is 0 Å². The summed E-state index contributed by atoms with van der Waals surface area (Å²) < 4.78 is 0.799. The molecule has 0 fully saturated rings. The molecule has 0 aliphatic heterocycles. The average Bonchev–Trinajstić information content (AvgIpc) is 2.17. The van der Waals surface area contributed by atoms with Crippen molar-refractivity contribution < 1.29 is 0 Å². The van der Waals surface area contributed by atoms with Crippen molar-refractivity contribution >= 4 is 22.9 Å². The van der Waals surface area contributed by atoms with Crippen LogP contribution in [-0.4, -0.2) is 0 Å².